The van der Waals surface area contributed by atoms with Crippen LogP contribution in [0.5, 0.6) is 0 Å². The predicted molar refractivity (Wildman–Crippen MR) is 81.8 cm³/mol. The average molecular weight is 304 g/mol. The number of hydrogen-bond donors (Lipinski definition) is 0. The first-order chi connectivity index (χ1) is 10.3. The molecule has 0 spiro atoms. The fourth-order valence-corrected chi connectivity index (χ4v) is 3.35. The van der Waals surface area contributed by atoms with Crippen LogP contribution >= 0.6 is 11.6 Å². The van der Waals surface area contributed by atoms with Crippen molar-refractivity contribution in [2.24, 2.45) is 0 Å². The molecule has 0 N–H and O–H groups in total. The van der Waals surface area contributed by atoms with Crippen molar-refractivity contribution in [1.29, 1.82) is 0 Å². The zero-order chi connectivity index (χ0) is 14.7. The van der Waals surface area contributed by atoms with Gasteiger partial charge < -0.3 is 0 Å². The standard InChI is InChI=1S/C16H18ClN3O/c17-14-8-4-5-12(9-14)10-20-16(15(11-21)18-19-20)13-6-2-1-3-7-13/h4-5,8-9,11,13H,1-3,6-7,10H2. The van der Waals surface area contributed by atoms with Gasteiger partial charge in [0.2, 0.25) is 0 Å². The van der Waals surface area contributed by atoms with Crippen molar-refractivity contribution in [2.45, 2.75) is 44.6 Å². The van der Waals surface area contributed by atoms with E-state index in [0.29, 0.717) is 23.2 Å². The lowest BCUT2D eigenvalue weighted by molar-refractivity contribution is 0.111. The molecule has 0 radical (unpaired) electrons. The summed E-state index contributed by atoms with van der Waals surface area (Å²) < 4.78 is 1.87. The van der Waals surface area contributed by atoms with Crippen molar-refractivity contribution >= 4 is 17.9 Å². The van der Waals surface area contributed by atoms with E-state index in [4.69, 9.17) is 11.6 Å². The summed E-state index contributed by atoms with van der Waals surface area (Å²) in [6.07, 6.45) is 6.76. The smallest absolute Gasteiger partial charge is 0.172 e. The van der Waals surface area contributed by atoms with Gasteiger partial charge in [-0.25, -0.2) is 4.68 Å². The van der Waals surface area contributed by atoms with Gasteiger partial charge in [0.1, 0.15) is 5.69 Å². The Hall–Kier alpha value is -1.68. The molecular formula is C16H18ClN3O. The Labute approximate surface area is 129 Å². The Morgan fingerprint density at radius 2 is 2.10 bits per heavy atom. The second-order valence-electron chi connectivity index (χ2n) is 5.60. The van der Waals surface area contributed by atoms with E-state index in [2.05, 4.69) is 10.3 Å². The predicted octanol–water partition coefficient (Wildman–Crippen LogP) is 3.84. The first-order valence-electron chi connectivity index (χ1n) is 7.41. The molecular weight excluding hydrogens is 286 g/mol. The van der Waals surface area contributed by atoms with Crippen LogP contribution in [0.1, 0.15) is 59.8 Å². The van der Waals surface area contributed by atoms with Gasteiger partial charge in [-0.2, -0.15) is 0 Å². The van der Waals surface area contributed by atoms with E-state index < -0.39 is 0 Å². The molecule has 0 amide bonds. The number of rotatable bonds is 4. The zero-order valence-corrected chi connectivity index (χ0v) is 12.6. The molecule has 3 rings (SSSR count). The number of nitrogens with zero attached hydrogens (tertiary/aromatic N) is 3. The largest absolute Gasteiger partial charge is 0.296 e. The van der Waals surface area contributed by atoms with Gasteiger partial charge in [-0.1, -0.05) is 48.2 Å². The molecule has 110 valence electrons. The highest BCUT2D eigenvalue weighted by atomic mass is 35.5. The van der Waals surface area contributed by atoms with Crippen molar-refractivity contribution in [2.75, 3.05) is 0 Å². The van der Waals surface area contributed by atoms with Gasteiger partial charge >= 0.3 is 0 Å². The molecule has 0 saturated heterocycles. The summed E-state index contributed by atoms with van der Waals surface area (Å²) in [6.45, 7) is 0.604. The molecule has 1 heterocycles. The molecule has 1 fully saturated rings. The lowest BCUT2D eigenvalue weighted by atomic mass is 9.86. The minimum absolute atomic E-state index is 0.396. The van der Waals surface area contributed by atoms with Crippen LogP contribution < -0.4 is 0 Å². The summed E-state index contributed by atoms with van der Waals surface area (Å²) in [6, 6.07) is 7.72. The van der Waals surface area contributed by atoms with Gasteiger partial charge in [0, 0.05) is 10.9 Å². The molecule has 0 atom stereocenters. The molecule has 5 heteroatoms. The van der Waals surface area contributed by atoms with Crippen molar-refractivity contribution < 1.29 is 4.79 Å². The normalized spacial score (nSPS) is 16.0. The third-order valence-corrected chi connectivity index (χ3v) is 4.36. The molecule has 21 heavy (non-hydrogen) atoms. The monoisotopic (exact) mass is 303 g/mol. The van der Waals surface area contributed by atoms with Crippen LogP contribution in [0.4, 0.5) is 0 Å². The number of halogens is 1. The van der Waals surface area contributed by atoms with E-state index in [1.807, 2.05) is 28.9 Å². The summed E-state index contributed by atoms with van der Waals surface area (Å²) in [5, 5.41) is 8.93. The highest BCUT2D eigenvalue weighted by Crippen LogP contribution is 2.33. The summed E-state index contributed by atoms with van der Waals surface area (Å²) in [5.41, 5.74) is 2.55. The van der Waals surface area contributed by atoms with Crippen LogP contribution in [0.15, 0.2) is 24.3 Å². The number of hydrogen-bond acceptors (Lipinski definition) is 3. The van der Waals surface area contributed by atoms with E-state index in [9.17, 15) is 4.79 Å². The summed E-state index contributed by atoms with van der Waals surface area (Å²) in [4.78, 5) is 11.3. The highest BCUT2D eigenvalue weighted by molar-refractivity contribution is 6.30. The van der Waals surface area contributed by atoms with Crippen LogP contribution in [0.25, 0.3) is 0 Å². The first-order valence-corrected chi connectivity index (χ1v) is 7.78. The maximum Gasteiger partial charge on any atom is 0.172 e. The molecule has 1 aromatic carbocycles. The fraction of sp³-hybridized carbons (Fsp3) is 0.438. The van der Waals surface area contributed by atoms with Gasteiger partial charge in [-0.3, -0.25) is 4.79 Å². The Balaban J connectivity index is 1.91. The van der Waals surface area contributed by atoms with Crippen LogP contribution in [0, 0.1) is 0 Å². The third kappa shape index (κ3) is 3.16. The van der Waals surface area contributed by atoms with Gasteiger partial charge in [-0.05, 0) is 30.5 Å². The van der Waals surface area contributed by atoms with E-state index in [1.54, 1.807) is 0 Å². The second-order valence-corrected chi connectivity index (χ2v) is 6.04. The topological polar surface area (TPSA) is 47.8 Å². The lowest BCUT2D eigenvalue weighted by Crippen LogP contribution is -2.14. The molecule has 1 aliphatic rings. The molecule has 1 aromatic heterocycles. The fourth-order valence-electron chi connectivity index (χ4n) is 3.14. The van der Waals surface area contributed by atoms with Gasteiger partial charge in [0.25, 0.3) is 0 Å². The molecule has 2 aromatic rings. The van der Waals surface area contributed by atoms with Gasteiger partial charge in [0.05, 0.1) is 12.2 Å². The van der Waals surface area contributed by atoms with Gasteiger partial charge in [0.15, 0.2) is 6.29 Å². The van der Waals surface area contributed by atoms with Crippen molar-refractivity contribution in [1.82, 2.24) is 15.0 Å². The first kappa shape index (κ1) is 14.3. The number of carbonyl (C=O) groups excluding carboxylic acids is 1. The quantitative estimate of drug-likeness (QED) is 0.806. The van der Waals surface area contributed by atoms with Crippen molar-refractivity contribution in [3.8, 4) is 0 Å². The van der Waals surface area contributed by atoms with Crippen LogP contribution in [0.2, 0.25) is 5.02 Å². The molecule has 0 bridgehead atoms. The molecule has 0 unspecified atom stereocenters. The third-order valence-electron chi connectivity index (χ3n) is 4.13. The lowest BCUT2D eigenvalue weighted by Gasteiger charge is -2.22. The molecule has 1 saturated carbocycles. The van der Waals surface area contributed by atoms with E-state index >= 15 is 0 Å². The average Bonchev–Trinajstić information content (AvgIpc) is 2.91. The minimum Gasteiger partial charge on any atom is -0.296 e. The zero-order valence-electron chi connectivity index (χ0n) is 11.8. The van der Waals surface area contributed by atoms with Crippen LogP contribution in [-0.4, -0.2) is 21.3 Å². The molecule has 4 nitrogen and oxygen atoms in total. The minimum atomic E-state index is 0.396. The Kier molecular flexibility index (Phi) is 4.34. The van der Waals surface area contributed by atoms with Crippen molar-refractivity contribution in [3.05, 3.63) is 46.2 Å². The van der Waals surface area contributed by atoms with E-state index in [1.165, 1.54) is 19.3 Å². The number of benzene rings is 1. The Morgan fingerprint density at radius 1 is 1.29 bits per heavy atom. The summed E-state index contributed by atoms with van der Waals surface area (Å²) in [7, 11) is 0. The SMILES string of the molecule is O=Cc1nnn(Cc2cccc(Cl)c2)c1C1CCCCC1. The summed E-state index contributed by atoms with van der Waals surface area (Å²) >= 11 is 6.03. The second kappa shape index (κ2) is 6.39. The summed E-state index contributed by atoms with van der Waals surface area (Å²) in [5.74, 6) is 0.396. The molecule has 1 aliphatic carbocycles. The molecule has 0 aliphatic heterocycles. The number of carbonyl (C=O) groups is 1. The number of aromatic nitrogens is 3. The van der Waals surface area contributed by atoms with Gasteiger partial charge in [-0.15, -0.1) is 5.10 Å². The van der Waals surface area contributed by atoms with Crippen LogP contribution in [-0.2, 0) is 6.54 Å². The Morgan fingerprint density at radius 3 is 2.81 bits per heavy atom. The van der Waals surface area contributed by atoms with E-state index in [0.717, 1.165) is 30.4 Å². The number of aldehydes is 1. The highest BCUT2D eigenvalue weighted by Gasteiger charge is 2.24. The Bertz CT molecular complexity index is 632. The van der Waals surface area contributed by atoms with Crippen molar-refractivity contribution in [3.63, 3.8) is 0 Å². The maximum absolute atomic E-state index is 11.3. The van der Waals surface area contributed by atoms with Crippen LogP contribution in [0.3, 0.4) is 0 Å². The maximum atomic E-state index is 11.3. The van der Waals surface area contributed by atoms with E-state index in [-0.39, 0.29) is 0 Å².